The summed E-state index contributed by atoms with van der Waals surface area (Å²) in [4.78, 5) is 33.6. The molecule has 1 aliphatic rings. The zero-order valence-corrected chi connectivity index (χ0v) is 20.9. The van der Waals surface area contributed by atoms with Gasteiger partial charge in [-0.15, -0.1) is 0 Å². The van der Waals surface area contributed by atoms with Crippen molar-refractivity contribution < 1.29 is 14.0 Å². The Morgan fingerprint density at radius 3 is 2.62 bits per heavy atom. The molecule has 37 heavy (non-hydrogen) atoms. The lowest BCUT2D eigenvalue weighted by molar-refractivity contribution is -0.115. The van der Waals surface area contributed by atoms with E-state index in [2.05, 4.69) is 25.9 Å². The third kappa shape index (κ3) is 5.23. The second-order valence-electron chi connectivity index (χ2n) is 9.96. The van der Waals surface area contributed by atoms with Gasteiger partial charge >= 0.3 is 0 Å². The molecule has 8 heteroatoms. The van der Waals surface area contributed by atoms with Crippen molar-refractivity contribution in [2.24, 2.45) is 0 Å². The van der Waals surface area contributed by atoms with Crippen LogP contribution >= 0.6 is 0 Å². The first kappa shape index (κ1) is 24.2. The molecule has 0 saturated heterocycles. The number of H-pyrrole nitrogens is 1. The summed E-state index contributed by atoms with van der Waals surface area (Å²) in [5.41, 5.74) is 5.85. The van der Waals surface area contributed by atoms with Crippen LogP contribution in [0.1, 0.15) is 41.0 Å². The molecular weight excluding hydrogens is 469 g/mol. The van der Waals surface area contributed by atoms with E-state index in [4.69, 9.17) is 0 Å². The molecule has 0 radical (unpaired) electrons. The van der Waals surface area contributed by atoms with E-state index in [0.717, 1.165) is 28.2 Å². The number of rotatable bonds is 6. The number of nitrogens with zero attached hydrogens (tertiary/aromatic N) is 1. The molecule has 0 bridgehead atoms. The molecule has 0 aliphatic carbocycles. The predicted octanol–water partition coefficient (Wildman–Crippen LogP) is 5.51. The van der Waals surface area contributed by atoms with Crippen molar-refractivity contribution in [1.29, 1.82) is 0 Å². The van der Waals surface area contributed by atoms with Gasteiger partial charge in [-0.3, -0.25) is 9.59 Å². The minimum Gasteiger partial charge on any atom is -0.356 e. The third-order valence-electron chi connectivity index (χ3n) is 6.37. The second kappa shape index (κ2) is 9.54. The molecule has 0 spiro atoms. The maximum Gasteiger partial charge on any atom is 0.255 e. The number of hydrogen-bond acceptors (Lipinski definition) is 4. The van der Waals surface area contributed by atoms with Gasteiger partial charge in [-0.1, -0.05) is 30.3 Å². The van der Waals surface area contributed by atoms with Crippen LogP contribution in [0.2, 0.25) is 0 Å². The average Bonchev–Trinajstić information content (AvgIpc) is 3.19. The van der Waals surface area contributed by atoms with E-state index in [0.29, 0.717) is 29.1 Å². The van der Waals surface area contributed by atoms with E-state index >= 15 is 0 Å². The van der Waals surface area contributed by atoms with Crippen LogP contribution in [0.15, 0.2) is 66.9 Å². The van der Waals surface area contributed by atoms with E-state index in [1.165, 1.54) is 12.1 Å². The van der Waals surface area contributed by atoms with Gasteiger partial charge in [0, 0.05) is 35.1 Å². The van der Waals surface area contributed by atoms with E-state index in [9.17, 15) is 14.0 Å². The monoisotopic (exact) mass is 497 g/mol. The number of aromatic amines is 1. The number of pyridine rings is 1. The van der Waals surface area contributed by atoms with Gasteiger partial charge in [-0.05, 0) is 62.2 Å². The van der Waals surface area contributed by atoms with Crippen LogP contribution in [0.3, 0.4) is 0 Å². The number of benzene rings is 2. The maximum atomic E-state index is 13.2. The second-order valence-corrected chi connectivity index (χ2v) is 9.96. The fourth-order valence-corrected chi connectivity index (χ4v) is 4.61. The molecule has 1 aliphatic heterocycles. The summed E-state index contributed by atoms with van der Waals surface area (Å²) in [6.07, 6.45) is 2.35. The van der Waals surface area contributed by atoms with Crippen molar-refractivity contribution in [3.05, 3.63) is 95.1 Å². The Balaban J connectivity index is 1.49. The van der Waals surface area contributed by atoms with E-state index < -0.39 is 0 Å². The lowest BCUT2D eigenvalue weighted by Crippen LogP contribution is -2.49. The van der Waals surface area contributed by atoms with Crippen LogP contribution in [-0.4, -0.2) is 27.3 Å². The largest absolute Gasteiger partial charge is 0.356 e. The zero-order valence-electron chi connectivity index (χ0n) is 20.9. The molecule has 5 rings (SSSR count). The molecule has 2 aromatic heterocycles. The summed E-state index contributed by atoms with van der Waals surface area (Å²) in [5, 5.41) is 9.38. The topological polar surface area (TPSA) is 98.9 Å². The van der Waals surface area contributed by atoms with Crippen LogP contribution in [0.4, 0.5) is 21.6 Å². The van der Waals surface area contributed by atoms with Crippen molar-refractivity contribution in [3.8, 4) is 11.3 Å². The summed E-state index contributed by atoms with van der Waals surface area (Å²) in [6.45, 7) is 5.99. The first-order valence-corrected chi connectivity index (χ1v) is 12.1. The highest BCUT2D eigenvalue weighted by molar-refractivity contribution is 6.07. The molecule has 2 amide bonds. The molecule has 0 unspecified atom stereocenters. The summed E-state index contributed by atoms with van der Waals surface area (Å²) in [5.74, 6) is -0.378. The van der Waals surface area contributed by atoms with E-state index in [1.54, 1.807) is 24.4 Å². The van der Waals surface area contributed by atoms with Crippen molar-refractivity contribution in [2.75, 3.05) is 10.6 Å². The smallest absolute Gasteiger partial charge is 0.255 e. The van der Waals surface area contributed by atoms with Gasteiger partial charge in [0.1, 0.15) is 11.6 Å². The number of aromatic nitrogens is 2. The summed E-state index contributed by atoms with van der Waals surface area (Å²) >= 11 is 0. The van der Waals surface area contributed by atoms with Gasteiger partial charge < -0.3 is 20.9 Å². The Labute approximate surface area is 214 Å². The lowest BCUT2D eigenvalue weighted by Gasteiger charge is -2.30. The minimum absolute atomic E-state index is 0.0956. The van der Waals surface area contributed by atoms with Crippen LogP contribution in [0.5, 0.6) is 0 Å². The molecule has 0 saturated carbocycles. The zero-order chi connectivity index (χ0) is 26.2. The maximum absolute atomic E-state index is 13.2. The van der Waals surface area contributed by atoms with Crippen molar-refractivity contribution in [1.82, 2.24) is 15.3 Å². The van der Waals surface area contributed by atoms with Crippen molar-refractivity contribution in [3.63, 3.8) is 0 Å². The third-order valence-corrected chi connectivity index (χ3v) is 6.37. The Bertz CT molecular complexity index is 1490. The van der Waals surface area contributed by atoms with Crippen LogP contribution in [-0.2, 0) is 17.6 Å². The molecule has 2 aromatic carbocycles. The van der Waals surface area contributed by atoms with E-state index in [1.807, 2.05) is 51.1 Å². The SMILES string of the molecule is Cc1ccccc1Nc1c(-c2ccnc(NC(=O)Cc3ccc(F)cc3)c2)[nH]c2c1C(=O)NC(C)(C)C2. The number of anilines is 3. The molecule has 4 aromatic rings. The first-order valence-electron chi connectivity index (χ1n) is 12.1. The van der Waals surface area contributed by atoms with Crippen LogP contribution in [0.25, 0.3) is 11.3 Å². The Kier molecular flexibility index (Phi) is 6.25. The van der Waals surface area contributed by atoms with Gasteiger partial charge in [-0.25, -0.2) is 9.37 Å². The number of amides is 2. The fraction of sp³-hybridized carbons (Fsp3) is 0.207. The van der Waals surface area contributed by atoms with E-state index in [-0.39, 0.29) is 29.6 Å². The lowest BCUT2D eigenvalue weighted by atomic mass is 9.91. The molecule has 0 fully saturated rings. The Morgan fingerprint density at radius 1 is 1.11 bits per heavy atom. The van der Waals surface area contributed by atoms with Gasteiger partial charge in [0.15, 0.2) is 0 Å². The van der Waals surface area contributed by atoms with Crippen molar-refractivity contribution >= 4 is 29.0 Å². The van der Waals surface area contributed by atoms with Gasteiger partial charge in [0.05, 0.1) is 23.4 Å². The van der Waals surface area contributed by atoms with Crippen molar-refractivity contribution in [2.45, 2.75) is 39.2 Å². The molecule has 4 N–H and O–H groups in total. The highest BCUT2D eigenvalue weighted by Gasteiger charge is 2.35. The molecule has 7 nitrogen and oxygen atoms in total. The van der Waals surface area contributed by atoms with Gasteiger partial charge in [0.25, 0.3) is 5.91 Å². The number of halogens is 1. The van der Waals surface area contributed by atoms with Gasteiger partial charge in [0.2, 0.25) is 5.91 Å². The number of carbonyl (C=O) groups is 2. The van der Waals surface area contributed by atoms with Crippen LogP contribution in [0, 0.1) is 12.7 Å². The standard InChI is InChI=1S/C29H28FN5O2/c1-17-6-4-5-7-21(17)32-27-25-22(16-29(2,3)35-28(25)37)33-26(27)19-12-13-31-23(15-19)34-24(36)14-18-8-10-20(30)11-9-18/h4-13,15,32-33H,14,16H2,1-3H3,(H,35,37)(H,31,34,36). The molecule has 3 heterocycles. The number of aryl methyl sites for hydroxylation is 1. The quantitative estimate of drug-likeness (QED) is 0.282. The highest BCUT2D eigenvalue weighted by Crippen LogP contribution is 2.39. The Hall–Kier alpha value is -4.46. The summed E-state index contributed by atoms with van der Waals surface area (Å²) in [7, 11) is 0. The normalized spacial score (nSPS) is 14.0. The highest BCUT2D eigenvalue weighted by atomic mass is 19.1. The number of hydrogen-bond donors (Lipinski definition) is 4. The predicted molar refractivity (Wildman–Crippen MR) is 142 cm³/mol. The minimum atomic E-state index is -0.385. The Morgan fingerprint density at radius 2 is 1.86 bits per heavy atom. The first-order chi connectivity index (χ1) is 17.7. The van der Waals surface area contributed by atoms with Gasteiger partial charge in [-0.2, -0.15) is 0 Å². The number of para-hydroxylation sites is 1. The number of nitrogens with one attached hydrogen (secondary N) is 4. The summed E-state index contributed by atoms with van der Waals surface area (Å²) < 4.78 is 13.2. The van der Waals surface area contributed by atoms with Crippen LogP contribution < -0.4 is 16.0 Å². The molecule has 0 atom stereocenters. The molecule has 188 valence electrons. The average molecular weight is 498 g/mol. The number of fused-ring (bicyclic) bond motifs is 1. The summed E-state index contributed by atoms with van der Waals surface area (Å²) in [6, 6.07) is 17.3. The number of carbonyl (C=O) groups excluding carboxylic acids is 2. The molecular formula is C29H28FN5O2. The fourth-order valence-electron chi connectivity index (χ4n) is 4.61.